The zero-order chi connectivity index (χ0) is 21.7. The second-order valence-corrected chi connectivity index (χ2v) is 9.28. The molecule has 1 aliphatic heterocycles. The molecule has 2 aromatic carbocycles. The summed E-state index contributed by atoms with van der Waals surface area (Å²) in [5.74, 6) is 0.00316. The van der Waals surface area contributed by atoms with E-state index in [0.29, 0.717) is 26.6 Å². The number of ether oxygens (including phenoxy) is 2. The van der Waals surface area contributed by atoms with Crippen molar-refractivity contribution in [2.24, 2.45) is 0 Å². The summed E-state index contributed by atoms with van der Waals surface area (Å²) in [6, 6.07) is 13.0. The highest BCUT2D eigenvalue weighted by molar-refractivity contribution is 9.10. The molecule has 0 spiro atoms. The number of methoxy groups -OCH3 is 1. The lowest BCUT2D eigenvalue weighted by Crippen LogP contribution is -2.30. The van der Waals surface area contributed by atoms with E-state index in [1.165, 1.54) is 23.8 Å². The fourth-order valence-corrected chi connectivity index (χ4v) is 4.45. The van der Waals surface area contributed by atoms with Crippen LogP contribution in [0.3, 0.4) is 0 Å². The Bertz CT molecular complexity index is 1010. The maximum absolute atomic E-state index is 12.8. The van der Waals surface area contributed by atoms with Gasteiger partial charge in [0.15, 0.2) is 0 Å². The van der Waals surface area contributed by atoms with Gasteiger partial charge in [-0.2, -0.15) is 0 Å². The first-order valence-electron chi connectivity index (χ1n) is 8.86. The lowest BCUT2D eigenvalue weighted by atomic mass is 10.1. The highest BCUT2D eigenvalue weighted by atomic mass is 79.9. The highest BCUT2D eigenvalue weighted by Gasteiger charge is 2.32. The number of thioether (sulfide) groups is 1. The topological polar surface area (TPSA) is 55.8 Å². The molecular formula is C21H17BrClNO4S2. The number of nitrogens with zero attached hydrogens (tertiary/aromatic N) is 1. The molecular weight excluding hydrogens is 510 g/mol. The Labute approximate surface area is 197 Å². The summed E-state index contributed by atoms with van der Waals surface area (Å²) < 4.78 is 11.9. The Morgan fingerprint density at radius 2 is 2.00 bits per heavy atom. The van der Waals surface area contributed by atoms with Crippen molar-refractivity contribution >= 4 is 73.8 Å². The fraction of sp³-hybridized carbons (Fsp3) is 0.190. The molecule has 0 atom stereocenters. The van der Waals surface area contributed by atoms with Gasteiger partial charge in [0.2, 0.25) is 0 Å². The van der Waals surface area contributed by atoms with Gasteiger partial charge in [0.05, 0.1) is 18.4 Å². The van der Waals surface area contributed by atoms with Crippen LogP contribution in [-0.2, 0) is 20.9 Å². The average molecular weight is 527 g/mol. The van der Waals surface area contributed by atoms with Crippen LogP contribution >= 0.6 is 51.5 Å². The summed E-state index contributed by atoms with van der Waals surface area (Å²) in [6.45, 7) is 0.548. The molecule has 1 aliphatic rings. The second-order valence-electron chi connectivity index (χ2n) is 6.26. The minimum atomic E-state index is -0.391. The molecule has 1 fully saturated rings. The largest absolute Gasteiger partial charge is 0.488 e. The Balaban J connectivity index is 1.78. The number of amides is 1. The van der Waals surface area contributed by atoms with Gasteiger partial charge in [0, 0.05) is 21.6 Å². The minimum Gasteiger partial charge on any atom is -0.488 e. The van der Waals surface area contributed by atoms with Crippen molar-refractivity contribution in [3.8, 4) is 5.75 Å². The molecule has 0 aromatic heterocycles. The van der Waals surface area contributed by atoms with Crippen molar-refractivity contribution in [2.75, 3.05) is 13.7 Å². The molecule has 9 heteroatoms. The van der Waals surface area contributed by atoms with Crippen LogP contribution in [0.25, 0.3) is 6.08 Å². The molecule has 0 bridgehead atoms. The summed E-state index contributed by atoms with van der Waals surface area (Å²) in [5.41, 5.74) is 1.72. The van der Waals surface area contributed by atoms with Crippen molar-refractivity contribution in [3.63, 3.8) is 0 Å². The number of benzene rings is 2. The third-order valence-corrected chi connectivity index (χ3v) is 6.33. The normalized spacial score (nSPS) is 15.0. The Hall–Kier alpha value is -1.87. The number of halogens is 2. The van der Waals surface area contributed by atoms with Crippen molar-refractivity contribution in [1.29, 1.82) is 0 Å². The number of hydrogen-bond donors (Lipinski definition) is 0. The number of thiocarbonyl (C=S) groups is 1. The van der Waals surface area contributed by atoms with Gasteiger partial charge in [0.25, 0.3) is 5.91 Å². The predicted molar refractivity (Wildman–Crippen MR) is 126 cm³/mol. The molecule has 0 saturated carbocycles. The number of carbonyl (C=O) groups is 2. The molecule has 2 aromatic rings. The van der Waals surface area contributed by atoms with E-state index in [0.717, 1.165) is 15.6 Å². The number of hydrogen-bond acceptors (Lipinski definition) is 6. The first-order chi connectivity index (χ1) is 14.4. The molecule has 0 unspecified atom stereocenters. The van der Waals surface area contributed by atoms with E-state index in [2.05, 4.69) is 20.7 Å². The van der Waals surface area contributed by atoms with Gasteiger partial charge >= 0.3 is 5.97 Å². The van der Waals surface area contributed by atoms with Crippen LogP contribution in [0.5, 0.6) is 5.75 Å². The summed E-state index contributed by atoms with van der Waals surface area (Å²) in [7, 11) is 1.31. The molecule has 0 aliphatic carbocycles. The van der Waals surface area contributed by atoms with Crippen LogP contribution in [0.2, 0.25) is 5.02 Å². The smallest absolute Gasteiger partial charge is 0.307 e. The van der Waals surface area contributed by atoms with Crippen LogP contribution < -0.4 is 4.74 Å². The second kappa shape index (κ2) is 10.4. The first-order valence-corrected chi connectivity index (χ1v) is 11.3. The summed E-state index contributed by atoms with van der Waals surface area (Å²) in [6.07, 6.45) is 1.84. The monoisotopic (exact) mass is 525 g/mol. The highest BCUT2D eigenvalue weighted by Crippen LogP contribution is 2.35. The molecule has 1 saturated heterocycles. The van der Waals surface area contributed by atoms with E-state index in [9.17, 15) is 9.59 Å². The van der Waals surface area contributed by atoms with Crippen LogP contribution in [0.15, 0.2) is 51.8 Å². The maximum atomic E-state index is 12.8. The number of rotatable bonds is 7. The fourth-order valence-electron chi connectivity index (χ4n) is 2.64. The maximum Gasteiger partial charge on any atom is 0.307 e. The van der Waals surface area contributed by atoms with Gasteiger partial charge in [-0.05, 0) is 42.0 Å². The molecule has 0 N–H and O–H groups in total. The van der Waals surface area contributed by atoms with E-state index in [-0.39, 0.29) is 18.9 Å². The van der Waals surface area contributed by atoms with Gasteiger partial charge in [-0.1, -0.05) is 63.6 Å². The van der Waals surface area contributed by atoms with Crippen LogP contribution in [0.1, 0.15) is 17.5 Å². The van der Waals surface area contributed by atoms with E-state index in [4.69, 9.17) is 28.6 Å². The summed E-state index contributed by atoms with van der Waals surface area (Å²) in [4.78, 5) is 26.0. The van der Waals surface area contributed by atoms with Crippen LogP contribution in [0, 0.1) is 0 Å². The molecule has 1 amide bonds. The van der Waals surface area contributed by atoms with Gasteiger partial charge in [-0.25, -0.2) is 0 Å². The van der Waals surface area contributed by atoms with Gasteiger partial charge in [-0.15, -0.1) is 0 Å². The SMILES string of the molecule is COC(=O)CCN1C(=O)/C(=C\c2cc(Br)ccc2OCc2ccc(Cl)cc2)SC1=S. The lowest BCUT2D eigenvalue weighted by Gasteiger charge is -2.13. The summed E-state index contributed by atoms with van der Waals surface area (Å²) >= 11 is 15.9. The quantitative estimate of drug-likeness (QED) is 0.272. The van der Waals surface area contributed by atoms with E-state index < -0.39 is 5.97 Å². The van der Waals surface area contributed by atoms with Crippen molar-refractivity contribution < 1.29 is 19.1 Å². The van der Waals surface area contributed by atoms with Gasteiger partial charge in [0.1, 0.15) is 16.7 Å². The number of esters is 1. The zero-order valence-corrected chi connectivity index (χ0v) is 19.9. The van der Waals surface area contributed by atoms with Crippen molar-refractivity contribution in [1.82, 2.24) is 4.90 Å². The third kappa shape index (κ3) is 5.85. The lowest BCUT2D eigenvalue weighted by molar-refractivity contribution is -0.140. The molecule has 0 radical (unpaired) electrons. The number of carbonyl (C=O) groups excluding carboxylic acids is 2. The van der Waals surface area contributed by atoms with Gasteiger partial charge in [-0.3, -0.25) is 14.5 Å². The Morgan fingerprint density at radius 3 is 2.70 bits per heavy atom. The zero-order valence-electron chi connectivity index (χ0n) is 15.9. The molecule has 1 heterocycles. The molecule has 30 heavy (non-hydrogen) atoms. The Morgan fingerprint density at radius 1 is 1.27 bits per heavy atom. The standard InChI is InChI=1S/C21H17BrClNO4S2/c1-27-19(25)8-9-24-20(26)18(30-21(24)29)11-14-10-15(22)4-7-17(14)28-12-13-2-5-16(23)6-3-13/h2-7,10-11H,8-9,12H2,1H3/b18-11+. The average Bonchev–Trinajstić information content (AvgIpc) is 2.99. The third-order valence-electron chi connectivity index (χ3n) is 4.21. The minimum absolute atomic E-state index is 0.0859. The molecule has 3 rings (SSSR count). The van der Waals surface area contributed by atoms with E-state index in [1.54, 1.807) is 6.08 Å². The van der Waals surface area contributed by atoms with Crippen molar-refractivity contribution in [3.05, 3.63) is 68.0 Å². The van der Waals surface area contributed by atoms with Crippen LogP contribution in [-0.4, -0.2) is 34.8 Å². The van der Waals surface area contributed by atoms with E-state index >= 15 is 0 Å². The summed E-state index contributed by atoms with van der Waals surface area (Å²) in [5, 5.41) is 0.664. The van der Waals surface area contributed by atoms with Gasteiger partial charge < -0.3 is 9.47 Å². The van der Waals surface area contributed by atoms with Crippen molar-refractivity contribution in [2.45, 2.75) is 13.0 Å². The molecule has 5 nitrogen and oxygen atoms in total. The molecule has 156 valence electrons. The van der Waals surface area contributed by atoms with Crippen LogP contribution in [0.4, 0.5) is 0 Å². The Kier molecular flexibility index (Phi) is 7.93. The van der Waals surface area contributed by atoms with E-state index in [1.807, 2.05) is 42.5 Å². The first kappa shape index (κ1) is 22.8. The predicted octanol–water partition coefficient (Wildman–Crippen LogP) is 5.45.